The molecule has 0 aliphatic heterocycles. The minimum Gasteiger partial charge on any atom is -0.457 e. The Labute approximate surface area is 201 Å². The van der Waals surface area contributed by atoms with Crippen LogP contribution in [0.25, 0.3) is 0 Å². The third kappa shape index (κ3) is 6.08. The van der Waals surface area contributed by atoms with Crippen molar-refractivity contribution < 1.29 is 19.2 Å². The number of aryl methyl sites for hydroxylation is 1. The lowest BCUT2D eigenvalue weighted by atomic mass is 10.1. The quantitative estimate of drug-likeness (QED) is 0.248. The van der Waals surface area contributed by atoms with Crippen molar-refractivity contribution in [2.24, 2.45) is 0 Å². The van der Waals surface area contributed by atoms with E-state index in [0.29, 0.717) is 28.4 Å². The smallest absolute Gasteiger partial charge is 0.270 e. The fraction of sp³-hybridized carbons (Fsp3) is 0.0370. The lowest BCUT2D eigenvalue weighted by Crippen LogP contribution is -2.12. The molecule has 0 radical (unpaired) electrons. The molecule has 4 aromatic carbocycles. The van der Waals surface area contributed by atoms with Crippen LogP contribution in [0.15, 0.2) is 97.1 Å². The Morgan fingerprint density at radius 3 is 1.69 bits per heavy atom. The Morgan fingerprint density at radius 2 is 1.20 bits per heavy atom. The Bertz CT molecular complexity index is 1380. The maximum absolute atomic E-state index is 12.4. The molecule has 0 aliphatic carbocycles. The van der Waals surface area contributed by atoms with Gasteiger partial charge in [-0.05, 0) is 73.7 Å². The van der Waals surface area contributed by atoms with Crippen LogP contribution in [-0.2, 0) is 0 Å². The molecule has 0 atom stereocenters. The molecule has 0 saturated heterocycles. The summed E-state index contributed by atoms with van der Waals surface area (Å²) in [4.78, 5) is 35.1. The number of amides is 2. The number of carbonyl (C=O) groups excluding carboxylic acids is 2. The third-order valence-electron chi connectivity index (χ3n) is 5.06. The third-order valence-corrected chi connectivity index (χ3v) is 5.06. The van der Waals surface area contributed by atoms with Crippen LogP contribution >= 0.6 is 0 Å². The number of nitro groups is 1. The standard InChI is InChI=1S/C27H21N3O5/c1-18-4-2-5-19(16-18)26(31)28-21-8-12-24(13-9-21)35-25-14-10-22(11-15-25)29-27(32)20-6-3-7-23(17-20)30(33)34/h2-17H,1H3,(H,28,31)(H,29,32). The van der Waals surface area contributed by atoms with E-state index in [2.05, 4.69) is 10.6 Å². The van der Waals surface area contributed by atoms with Gasteiger partial charge in [0.25, 0.3) is 17.5 Å². The highest BCUT2D eigenvalue weighted by molar-refractivity contribution is 6.05. The summed E-state index contributed by atoms with van der Waals surface area (Å²) in [5, 5.41) is 16.5. The second-order valence-electron chi connectivity index (χ2n) is 7.74. The molecule has 4 aromatic rings. The van der Waals surface area contributed by atoms with E-state index in [9.17, 15) is 19.7 Å². The first kappa shape index (κ1) is 23.2. The second kappa shape index (κ2) is 10.3. The SMILES string of the molecule is Cc1cccc(C(=O)Nc2ccc(Oc3ccc(NC(=O)c4cccc([N+](=O)[O-])c4)cc3)cc2)c1. The highest BCUT2D eigenvalue weighted by Gasteiger charge is 2.12. The average molecular weight is 467 g/mol. The number of anilines is 2. The van der Waals surface area contributed by atoms with Crippen LogP contribution in [0.3, 0.4) is 0 Å². The van der Waals surface area contributed by atoms with Crippen molar-refractivity contribution >= 4 is 28.9 Å². The van der Waals surface area contributed by atoms with Crippen LogP contribution in [0.5, 0.6) is 11.5 Å². The van der Waals surface area contributed by atoms with Gasteiger partial charge in [0.05, 0.1) is 4.92 Å². The summed E-state index contributed by atoms with van der Waals surface area (Å²) in [7, 11) is 0. The van der Waals surface area contributed by atoms with Gasteiger partial charge in [-0.1, -0.05) is 23.8 Å². The van der Waals surface area contributed by atoms with Crippen molar-refractivity contribution in [3.63, 3.8) is 0 Å². The molecular formula is C27H21N3O5. The highest BCUT2D eigenvalue weighted by atomic mass is 16.6. The fourth-order valence-corrected chi connectivity index (χ4v) is 3.30. The van der Waals surface area contributed by atoms with Gasteiger partial charge in [0, 0.05) is 34.6 Å². The Balaban J connectivity index is 1.34. The van der Waals surface area contributed by atoms with Gasteiger partial charge < -0.3 is 15.4 Å². The molecule has 0 fully saturated rings. The Kier molecular flexibility index (Phi) is 6.83. The number of nitrogens with zero attached hydrogens (tertiary/aromatic N) is 1. The van der Waals surface area contributed by atoms with E-state index in [1.165, 1.54) is 24.3 Å². The van der Waals surface area contributed by atoms with Crippen molar-refractivity contribution in [3.8, 4) is 11.5 Å². The first-order valence-corrected chi connectivity index (χ1v) is 10.7. The summed E-state index contributed by atoms with van der Waals surface area (Å²) in [6, 6.07) is 26.6. The largest absolute Gasteiger partial charge is 0.457 e. The van der Waals surface area contributed by atoms with Crippen molar-refractivity contribution in [2.45, 2.75) is 6.92 Å². The lowest BCUT2D eigenvalue weighted by Gasteiger charge is -2.10. The maximum atomic E-state index is 12.4. The van der Waals surface area contributed by atoms with Gasteiger partial charge in [-0.15, -0.1) is 0 Å². The van der Waals surface area contributed by atoms with Crippen LogP contribution in [0, 0.1) is 17.0 Å². The molecule has 0 saturated carbocycles. The van der Waals surface area contributed by atoms with Crippen LogP contribution in [-0.4, -0.2) is 16.7 Å². The summed E-state index contributed by atoms with van der Waals surface area (Å²) in [6.07, 6.45) is 0. The zero-order valence-corrected chi connectivity index (χ0v) is 18.7. The Hall–Kier alpha value is -4.98. The maximum Gasteiger partial charge on any atom is 0.270 e. The lowest BCUT2D eigenvalue weighted by molar-refractivity contribution is -0.384. The predicted octanol–water partition coefficient (Wildman–Crippen LogP) is 6.20. The molecule has 2 amide bonds. The van der Waals surface area contributed by atoms with Gasteiger partial charge in [0.15, 0.2) is 0 Å². The van der Waals surface area contributed by atoms with Gasteiger partial charge >= 0.3 is 0 Å². The molecule has 0 bridgehead atoms. The number of ether oxygens (including phenoxy) is 1. The normalized spacial score (nSPS) is 10.3. The van der Waals surface area contributed by atoms with E-state index >= 15 is 0 Å². The van der Waals surface area contributed by atoms with E-state index < -0.39 is 10.8 Å². The van der Waals surface area contributed by atoms with Crippen LogP contribution < -0.4 is 15.4 Å². The topological polar surface area (TPSA) is 111 Å². The zero-order valence-electron chi connectivity index (χ0n) is 18.7. The first-order valence-electron chi connectivity index (χ1n) is 10.7. The average Bonchev–Trinajstić information content (AvgIpc) is 2.86. The number of non-ortho nitro benzene ring substituents is 1. The minimum atomic E-state index is -0.548. The minimum absolute atomic E-state index is 0.151. The number of hydrogen-bond acceptors (Lipinski definition) is 5. The molecule has 8 heteroatoms. The molecule has 8 nitrogen and oxygen atoms in total. The molecule has 0 unspecified atom stereocenters. The molecule has 0 aliphatic rings. The molecular weight excluding hydrogens is 446 g/mol. The van der Waals surface area contributed by atoms with E-state index in [4.69, 9.17) is 4.74 Å². The Morgan fingerprint density at radius 1 is 0.714 bits per heavy atom. The molecule has 0 heterocycles. The number of nitro benzene ring substituents is 1. The van der Waals surface area contributed by atoms with Crippen molar-refractivity contribution in [3.05, 3.63) is 124 Å². The highest BCUT2D eigenvalue weighted by Crippen LogP contribution is 2.25. The summed E-state index contributed by atoms with van der Waals surface area (Å²) in [6.45, 7) is 1.93. The van der Waals surface area contributed by atoms with E-state index in [-0.39, 0.29) is 17.2 Å². The molecule has 2 N–H and O–H groups in total. The molecule has 35 heavy (non-hydrogen) atoms. The summed E-state index contributed by atoms with van der Waals surface area (Å²) in [5.41, 5.74) is 2.79. The number of carbonyl (C=O) groups is 2. The van der Waals surface area contributed by atoms with Crippen LogP contribution in [0.1, 0.15) is 26.3 Å². The van der Waals surface area contributed by atoms with E-state index in [1.807, 2.05) is 25.1 Å². The van der Waals surface area contributed by atoms with Gasteiger partial charge in [0.1, 0.15) is 11.5 Å². The molecule has 174 valence electrons. The van der Waals surface area contributed by atoms with Crippen molar-refractivity contribution in [1.29, 1.82) is 0 Å². The monoisotopic (exact) mass is 467 g/mol. The molecule has 0 spiro atoms. The van der Waals surface area contributed by atoms with Crippen molar-refractivity contribution in [2.75, 3.05) is 10.6 Å². The summed E-state index contributed by atoms with van der Waals surface area (Å²) >= 11 is 0. The first-order chi connectivity index (χ1) is 16.9. The summed E-state index contributed by atoms with van der Waals surface area (Å²) < 4.78 is 5.83. The number of hydrogen-bond donors (Lipinski definition) is 2. The van der Waals surface area contributed by atoms with Crippen molar-refractivity contribution in [1.82, 2.24) is 0 Å². The second-order valence-corrected chi connectivity index (χ2v) is 7.74. The van der Waals surface area contributed by atoms with Gasteiger partial charge in [0.2, 0.25) is 0 Å². The van der Waals surface area contributed by atoms with Gasteiger partial charge in [-0.25, -0.2) is 0 Å². The van der Waals surface area contributed by atoms with E-state index in [1.54, 1.807) is 54.6 Å². The van der Waals surface area contributed by atoms with Crippen LogP contribution in [0.2, 0.25) is 0 Å². The molecule has 0 aromatic heterocycles. The zero-order chi connectivity index (χ0) is 24.8. The fourth-order valence-electron chi connectivity index (χ4n) is 3.30. The summed E-state index contributed by atoms with van der Waals surface area (Å²) in [5.74, 6) is 0.484. The van der Waals surface area contributed by atoms with Crippen LogP contribution in [0.4, 0.5) is 17.1 Å². The number of benzene rings is 4. The van der Waals surface area contributed by atoms with Gasteiger partial charge in [-0.2, -0.15) is 0 Å². The molecule has 4 rings (SSSR count). The number of nitrogens with one attached hydrogen (secondary N) is 2. The van der Waals surface area contributed by atoms with Gasteiger partial charge in [-0.3, -0.25) is 19.7 Å². The number of rotatable bonds is 7. The van der Waals surface area contributed by atoms with E-state index in [0.717, 1.165) is 5.56 Å². The predicted molar refractivity (Wildman–Crippen MR) is 133 cm³/mol.